The summed E-state index contributed by atoms with van der Waals surface area (Å²) in [5.41, 5.74) is 0.529. The van der Waals surface area contributed by atoms with Crippen LogP contribution in [0.2, 0.25) is 10.0 Å². The van der Waals surface area contributed by atoms with Crippen LogP contribution in [0, 0.1) is 0 Å². The van der Waals surface area contributed by atoms with E-state index in [9.17, 15) is 4.79 Å². The van der Waals surface area contributed by atoms with Gasteiger partial charge in [0.05, 0.1) is 22.0 Å². The number of amides is 1. The fraction of sp³-hybridized carbons (Fsp3) is 0.400. The maximum atomic E-state index is 11.9. The highest BCUT2D eigenvalue weighted by Crippen LogP contribution is 2.30. The maximum absolute atomic E-state index is 11.9. The molecule has 1 unspecified atom stereocenters. The van der Waals surface area contributed by atoms with Gasteiger partial charge in [0.2, 0.25) is 5.88 Å². The first kappa shape index (κ1) is 16.2. The summed E-state index contributed by atoms with van der Waals surface area (Å²) in [6, 6.07) is 3.25. The minimum atomic E-state index is -0.236. The molecule has 3 rings (SSSR count). The van der Waals surface area contributed by atoms with Gasteiger partial charge in [-0.15, -0.1) is 0 Å². The summed E-state index contributed by atoms with van der Waals surface area (Å²) in [6.45, 7) is 1.10. The highest BCUT2D eigenvalue weighted by molar-refractivity contribution is 6.38. The zero-order valence-corrected chi connectivity index (χ0v) is 13.7. The molecule has 0 aliphatic carbocycles. The van der Waals surface area contributed by atoms with Crippen molar-refractivity contribution in [1.82, 2.24) is 15.3 Å². The quantitative estimate of drug-likeness (QED) is 0.892. The van der Waals surface area contributed by atoms with E-state index in [1.165, 1.54) is 6.33 Å². The van der Waals surface area contributed by atoms with Crippen molar-refractivity contribution in [2.24, 2.45) is 0 Å². The molecule has 2 aromatic rings. The van der Waals surface area contributed by atoms with Crippen LogP contribution in [0.4, 0.5) is 0 Å². The van der Waals surface area contributed by atoms with Crippen molar-refractivity contribution in [3.63, 3.8) is 0 Å². The number of aromatic nitrogens is 2. The second kappa shape index (κ2) is 7.29. The number of nitrogens with one attached hydrogen (secondary N) is 1. The Hall–Kier alpha value is -1.63. The first-order valence-corrected chi connectivity index (χ1v) is 8.00. The number of fused-ring (bicyclic) bond motifs is 1. The van der Waals surface area contributed by atoms with Crippen LogP contribution in [0.5, 0.6) is 5.88 Å². The summed E-state index contributed by atoms with van der Waals surface area (Å²) in [5, 5.41) is 4.20. The van der Waals surface area contributed by atoms with Gasteiger partial charge in [0.15, 0.2) is 6.61 Å². The molecule has 0 radical (unpaired) electrons. The number of halogens is 2. The van der Waals surface area contributed by atoms with E-state index in [4.69, 9.17) is 32.7 Å². The lowest BCUT2D eigenvalue weighted by Gasteiger charge is -2.12. The Morgan fingerprint density at radius 2 is 2.26 bits per heavy atom. The van der Waals surface area contributed by atoms with Gasteiger partial charge in [0.1, 0.15) is 6.33 Å². The Labute approximate surface area is 143 Å². The second-order valence-electron chi connectivity index (χ2n) is 5.19. The predicted octanol–water partition coefficient (Wildman–Crippen LogP) is 2.61. The molecule has 0 saturated carbocycles. The number of hydrogen-bond acceptors (Lipinski definition) is 5. The van der Waals surface area contributed by atoms with Gasteiger partial charge in [-0.1, -0.05) is 23.2 Å². The molecule has 6 nitrogen and oxygen atoms in total. The molecule has 1 fully saturated rings. The molecule has 1 aromatic heterocycles. The van der Waals surface area contributed by atoms with Crippen LogP contribution in [0.1, 0.15) is 12.8 Å². The van der Waals surface area contributed by atoms with Crippen LogP contribution in [-0.2, 0) is 9.53 Å². The van der Waals surface area contributed by atoms with Crippen molar-refractivity contribution in [1.29, 1.82) is 0 Å². The first-order valence-electron chi connectivity index (χ1n) is 7.24. The summed E-state index contributed by atoms with van der Waals surface area (Å²) in [4.78, 5) is 20.0. The highest BCUT2D eigenvalue weighted by Gasteiger charge is 2.17. The van der Waals surface area contributed by atoms with Gasteiger partial charge in [0.25, 0.3) is 5.91 Å². The largest absolute Gasteiger partial charge is 0.467 e. The number of rotatable bonds is 5. The molecule has 1 amide bonds. The van der Waals surface area contributed by atoms with Crippen molar-refractivity contribution < 1.29 is 14.3 Å². The zero-order chi connectivity index (χ0) is 16.2. The molecule has 2 heterocycles. The topological polar surface area (TPSA) is 73.3 Å². The fourth-order valence-electron chi connectivity index (χ4n) is 2.40. The Morgan fingerprint density at radius 3 is 3.04 bits per heavy atom. The van der Waals surface area contributed by atoms with Gasteiger partial charge in [0, 0.05) is 18.2 Å². The standard InChI is InChI=1S/C15H15Cl2N3O3/c16-9-4-11-14(12(17)5-9)19-8-20-15(11)23-7-13(21)18-6-10-2-1-3-22-10/h4-5,8,10H,1-3,6-7H2,(H,18,21). The van der Waals surface area contributed by atoms with Gasteiger partial charge in [-0.2, -0.15) is 0 Å². The van der Waals surface area contributed by atoms with Crippen molar-refractivity contribution in [3.05, 3.63) is 28.5 Å². The van der Waals surface area contributed by atoms with Gasteiger partial charge >= 0.3 is 0 Å². The summed E-state index contributed by atoms with van der Waals surface area (Å²) in [7, 11) is 0. The molecule has 8 heteroatoms. The first-order chi connectivity index (χ1) is 11.1. The van der Waals surface area contributed by atoms with E-state index in [-0.39, 0.29) is 24.5 Å². The monoisotopic (exact) mass is 355 g/mol. The molecule has 0 spiro atoms. The zero-order valence-electron chi connectivity index (χ0n) is 12.2. The van der Waals surface area contributed by atoms with E-state index < -0.39 is 0 Å². The summed E-state index contributed by atoms with van der Waals surface area (Å²) < 4.78 is 10.9. The molecule has 0 bridgehead atoms. The van der Waals surface area contributed by atoms with Gasteiger partial charge in [-0.25, -0.2) is 9.97 Å². The molecular formula is C15H15Cl2N3O3. The second-order valence-corrected chi connectivity index (χ2v) is 6.03. The van der Waals surface area contributed by atoms with Crippen molar-refractivity contribution in [3.8, 4) is 5.88 Å². The SMILES string of the molecule is O=C(COc1ncnc2c(Cl)cc(Cl)cc12)NCC1CCCO1. The summed E-state index contributed by atoms with van der Waals surface area (Å²) in [5.74, 6) is 0.0343. The minimum absolute atomic E-state index is 0.0939. The summed E-state index contributed by atoms with van der Waals surface area (Å²) in [6.07, 6.45) is 3.43. The number of ether oxygens (including phenoxy) is 2. The smallest absolute Gasteiger partial charge is 0.258 e. The lowest BCUT2D eigenvalue weighted by Crippen LogP contribution is -2.35. The Balaban J connectivity index is 1.63. The molecule has 1 saturated heterocycles. The lowest BCUT2D eigenvalue weighted by molar-refractivity contribution is -0.123. The predicted molar refractivity (Wildman–Crippen MR) is 87.0 cm³/mol. The molecular weight excluding hydrogens is 341 g/mol. The number of nitrogens with zero attached hydrogens (tertiary/aromatic N) is 2. The van der Waals surface area contributed by atoms with Crippen molar-refractivity contribution in [2.45, 2.75) is 18.9 Å². The Morgan fingerprint density at radius 1 is 1.39 bits per heavy atom. The van der Waals surface area contributed by atoms with E-state index in [2.05, 4.69) is 15.3 Å². The number of carbonyl (C=O) groups is 1. The fourth-order valence-corrected chi connectivity index (χ4v) is 2.94. The normalized spacial score (nSPS) is 17.4. The Bertz CT molecular complexity index is 720. The number of benzene rings is 1. The molecule has 1 N–H and O–H groups in total. The average Bonchev–Trinajstić information content (AvgIpc) is 3.04. The van der Waals surface area contributed by atoms with Crippen LogP contribution in [0.15, 0.2) is 18.5 Å². The maximum Gasteiger partial charge on any atom is 0.258 e. The van der Waals surface area contributed by atoms with Crippen LogP contribution in [-0.4, -0.2) is 41.7 Å². The van der Waals surface area contributed by atoms with Crippen LogP contribution in [0.3, 0.4) is 0 Å². The molecule has 1 aliphatic rings. The van der Waals surface area contributed by atoms with Crippen molar-refractivity contribution in [2.75, 3.05) is 19.8 Å². The third-order valence-electron chi connectivity index (χ3n) is 3.51. The number of hydrogen-bond donors (Lipinski definition) is 1. The summed E-state index contributed by atoms with van der Waals surface area (Å²) >= 11 is 12.1. The van der Waals surface area contributed by atoms with Crippen LogP contribution >= 0.6 is 23.2 Å². The molecule has 23 heavy (non-hydrogen) atoms. The van der Waals surface area contributed by atoms with Crippen molar-refractivity contribution >= 4 is 40.0 Å². The molecule has 122 valence electrons. The van der Waals surface area contributed by atoms with Crippen LogP contribution in [0.25, 0.3) is 10.9 Å². The minimum Gasteiger partial charge on any atom is -0.467 e. The van der Waals surface area contributed by atoms with E-state index in [0.717, 1.165) is 19.4 Å². The van der Waals surface area contributed by atoms with E-state index >= 15 is 0 Å². The van der Waals surface area contributed by atoms with Crippen LogP contribution < -0.4 is 10.1 Å². The number of carbonyl (C=O) groups excluding carboxylic acids is 1. The molecule has 1 atom stereocenters. The average molecular weight is 356 g/mol. The third-order valence-corrected chi connectivity index (χ3v) is 4.02. The lowest BCUT2D eigenvalue weighted by atomic mass is 10.2. The van der Waals surface area contributed by atoms with E-state index in [0.29, 0.717) is 27.5 Å². The molecule has 1 aliphatic heterocycles. The van der Waals surface area contributed by atoms with Gasteiger partial charge < -0.3 is 14.8 Å². The van der Waals surface area contributed by atoms with Gasteiger partial charge in [-0.3, -0.25) is 4.79 Å². The highest BCUT2D eigenvalue weighted by atomic mass is 35.5. The van der Waals surface area contributed by atoms with E-state index in [1.807, 2.05) is 0 Å². The Kier molecular flexibility index (Phi) is 5.15. The van der Waals surface area contributed by atoms with Gasteiger partial charge in [-0.05, 0) is 25.0 Å². The third kappa shape index (κ3) is 4.02. The molecule has 1 aromatic carbocycles. The van der Waals surface area contributed by atoms with E-state index in [1.54, 1.807) is 12.1 Å².